The molecule has 0 aliphatic heterocycles. The van der Waals surface area contributed by atoms with E-state index in [-0.39, 0.29) is 0 Å². The van der Waals surface area contributed by atoms with Crippen LogP contribution in [-0.4, -0.2) is 28.1 Å². The lowest BCUT2D eigenvalue weighted by molar-refractivity contribution is 0.300. The minimum absolute atomic E-state index is 0.960. The second-order valence-electron chi connectivity index (χ2n) is 4.02. The van der Waals surface area contributed by atoms with Crippen LogP contribution in [0, 0.1) is 5.92 Å². The minimum atomic E-state index is 0.960. The molecule has 0 bridgehead atoms. The molecule has 4 heteroatoms. The van der Waals surface area contributed by atoms with Gasteiger partial charge in [0, 0.05) is 12.7 Å². The number of hydrogen-bond acceptors (Lipinski definition) is 3. The highest BCUT2D eigenvalue weighted by atomic mass is 15.4. The Balaban J connectivity index is 1.47. The SMILES string of the molecule is c1cn(CCCNCC2CCC2)nn1. The van der Waals surface area contributed by atoms with Crippen LogP contribution in [0.25, 0.3) is 0 Å². The molecule has 1 heterocycles. The van der Waals surface area contributed by atoms with Gasteiger partial charge in [0.1, 0.15) is 0 Å². The molecule has 1 aliphatic carbocycles. The van der Waals surface area contributed by atoms with E-state index < -0.39 is 0 Å². The lowest BCUT2D eigenvalue weighted by atomic mass is 9.85. The number of hydrogen-bond donors (Lipinski definition) is 1. The largest absolute Gasteiger partial charge is 0.316 e. The van der Waals surface area contributed by atoms with E-state index in [1.165, 1.54) is 25.8 Å². The Labute approximate surface area is 84.7 Å². The summed E-state index contributed by atoms with van der Waals surface area (Å²) in [5, 5.41) is 11.2. The maximum absolute atomic E-state index is 3.92. The number of nitrogens with one attached hydrogen (secondary N) is 1. The first-order valence-corrected chi connectivity index (χ1v) is 5.50. The fourth-order valence-corrected chi connectivity index (χ4v) is 1.72. The Hall–Kier alpha value is -0.900. The van der Waals surface area contributed by atoms with Crippen molar-refractivity contribution in [3.63, 3.8) is 0 Å². The van der Waals surface area contributed by atoms with Crippen LogP contribution in [0.4, 0.5) is 0 Å². The van der Waals surface area contributed by atoms with Crippen molar-refractivity contribution in [1.82, 2.24) is 20.3 Å². The average Bonchev–Trinajstić information content (AvgIpc) is 2.60. The minimum Gasteiger partial charge on any atom is -0.316 e. The summed E-state index contributed by atoms with van der Waals surface area (Å²) in [6.07, 6.45) is 9.06. The molecule has 0 saturated heterocycles. The predicted molar refractivity (Wildman–Crippen MR) is 54.8 cm³/mol. The predicted octanol–water partition coefficient (Wildman–Crippen LogP) is 1.06. The van der Waals surface area contributed by atoms with Crippen molar-refractivity contribution < 1.29 is 0 Å². The van der Waals surface area contributed by atoms with Crippen LogP contribution >= 0.6 is 0 Å². The van der Waals surface area contributed by atoms with E-state index >= 15 is 0 Å². The number of aryl methyl sites for hydroxylation is 1. The second kappa shape index (κ2) is 5.10. The van der Waals surface area contributed by atoms with E-state index in [9.17, 15) is 0 Å². The van der Waals surface area contributed by atoms with Crippen molar-refractivity contribution in [2.45, 2.75) is 32.2 Å². The highest BCUT2D eigenvalue weighted by Crippen LogP contribution is 2.24. The quantitative estimate of drug-likeness (QED) is 0.688. The van der Waals surface area contributed by atoms with E-state index in [1.807, 2.05) is 10.9 Å². The van der Waals surface area contributed by atoms with Gasteiger partial charge in [0.2, 0.25) is 0 Å². The van der Waals surface area contributed by atoms with Gasteiger partial charge in [0.05, 0.1) is 6.20 Å². The van der Waals surface area contributed by atoms with Gasteiger partial charge in [0.15, 0.2) is 0 Å². The molecule has 0 spiro atoms. The summed E-state index contributed by atoms with van der Waals surface area (Å²) in [5.74, 6) is 0.960. The van der Waals surface area contributed by atoms with E-state index in [2.05, 4.69) is 15.6 Å². The van der Waals surface area contributed by atoms with E-state index in [0.29, 0.717) is 0 Å². The molecular formula is C10H18N4. The zero-order valence-corrected chi connectivity index (χ0v) is 8.52. The Morgan fingerprint density at radius 1 is 1.43 bits per heavy atom. The van der Waals surface area contributed by atoms with Crippen LogP contribution in [0.2, 0.25) is 0 Å². The molecule has 78 valence electrons. The number of aromatic nitrogens is 3. The molecule has 1 N–H and O–H groups in total. The summed E-state index contributed by atoms with van der Waals surface area (Å²) in [6, 6.07) is 0. The Kier molecular flexibility index (Phi) is 3.51. The highest BCUT2D eigenvalue weighted by molar-refractivity contribution is 4.71. The van der Waals surface area contributed by atoms with Gasteiger partial charge in [-0.3, -0.25) is 4.68 Å². The van der Waals surface area contributed by atoms with Crippen LogP contribution in [0.3, 0.4) is 0 Å². The maximum Gasteiger partial charge on any atom is 0.0692 e. The molecule has 0 unspecified atom stereocenters. The van der Waals surface area contributed by atoms with Gasteiger partial charge in [-0.15, -0.1) is 5.10 Å². The molecule has 4 nitrogen and oxygen atoms in total. The van der Waals surface area contributed by atoms with Gasteiger partial charge >= 0.3 is 0 Å². The molecule has 1 saturated carbocycles. The summed E-state index contributed by atoms with van der Waals surface area (Å²) in [6.45, 7) is 3.27. The molecule has 1 fully saturated rings. The summed E-state index contributed by atoms with van der Waals surface area (Å²) in [5.41, 5.74) is 0. The second-order valence-corrected chi connectivity index (χ2v) is 4.02. The molecule has 2 rings (SSSR count). The fourth-order valence-electron chi connectivity index (χ4n) is 1.72. The summed E-state index contributed by atoms with van der Waals surface area (Å²) in [7, 11) is 0. The van der Waals surface area contributed by atoms with Gasteiger partial charge in [0.25, 0.3) is 0 Å². The molecule has 14 heavy (non-hydrogen) atoms. The molecule has 1 aliphatic rings. The molecular weight excluding hydrogens is 176 g/mol. The monoisotopic (exact) mass is 194 g/mol. The first-order valence-electron chi connectivity index (χ1n) is 5.50. The lowest BCUT2D eigenvalue weighted by Gasteiger charge is -2.25. The molecule has 0 radical (unpaired) electrons. The summed E-state index contributed by atoms with van der Waals surface area (Å²) < 4.78 is 1.88. The summed E-state index contributed by atoms with van der Waals surface area (Å²) >= 11 is 0. The van der Waals surface area contributed by atoms with Gasteiger partial charge in [-0.1, -0.05) is 11.6 Å². The number of nitrogens with zero attached hydrogens (tertiary/aromatic N) is 3. The van der Waals surface area contributed by atoms with Gasteiger partial charge < -0.3 is 5.32 Å². The van der Waals surface area contributed by atoms with Crippen LogP contribution in [0.1, 0.15) is 25.7 Å². The van der Waals surface area contributed by atoms with Crippen LogP contribution < -0.4 is 5.32 Å². The van der Waals surface area contributed by atoms with Crippen molar-refractivity contribution in [2.24, 2.45) is 5.92 Å². The van der Waals surface area contributed by atoms with Crippen LogP contribution in [-0.2, 0) is 6.54 Å². The smallest absolute Gasteiger partial charge is 0.0692 e. The van der Waals surface area contributed by atoms with E-state index in [0.717, 1.165) is 25.4 Å². The molecule has 1 aromatic heterocycles. The van der Waals surface area contributed by atoms with Crippen LogP contribution in [0.15, 0.2) is 12.4 Å². The molecule has 0 atom stereocenters. The van der Waals surface area contributed by atoms with Crippen molar-refractivity contribution in [3.05, 3.63) is 12.4 Å². The average molecular weight is 194 g/mol. The Morgan fingerprint density at radius 3 is 3.00 bits per heavy atom. The van der Waals surface area contributed by atoms with Crippen molar-refractivity contribution in [1.29, 1.82) is 0 Å². The van der Waals surface area contributed by atoms with Crippen molar-refractivity contribution in [2.75, 3.05) is 13.1 Å². The standard InChI is InChI=1S/C10H18N4/c1-3-10(4-1)9-11-5-2-7-14-8-6-12-13-14/h6,8,10-11H,1-5,7,9H2. The first kappa shape index (κ1) is 9.65. The molecule has 0 amide bonds. The third-order valence-corrected chi connectivity index (χ3v) is 2.87. The normalized spacial score (nSPS) is 16.9. The zero-order chi connectivity index (χ0) is 9.64. The van der Waals surface area contributed by atoms with Gasteiger partial charge in [-0.05, 0) is 38.3 Å². The summed E-state index contributed by atoms with van der Waals surface area (Å²) in [4.78, 5) is 0. The Morgan fingerprint density at radius 2 is 2.36 bits per heavy atom. The Bertz CT molecular complexity index is 241. The number of rotatable bonds is 6. The maximum atomic E-state index is 3.92. The fraction of sp³-hybridized carbons (Fsp3) is 0.800. The zero-order valence-electron chi connectivity index (χ0n) is 8.52. The molecule has 0 aromatic carbocycles. The third kappa shape index (κ3) is 2.80. The lowest BCUT2D eigenvalue weighted by Crippen LogP contribution is -2.28. The molecule has 1 aromatic rings. The van der Waals surface area contributed by atoms with Crippen molar-refractivity contribution in [3.8, 4) is 0 Å². The highest BCUT2D eigenvalue weighted by Gasteiger charge is 2.15. The third-order valence-electron chi connectivity index (χ3n) is 2.87. The topological polar surface area (TPSA) is 42.7 Å². The van der Waals surface area contributed by atoms with E-state index in [1.54, 1.807) is 6.20 Å². The first-order chi connectivity index (χ1) is 6.95. The van der Waals surface area contributed by atoms with Crippen LogP contribution in [0.5, 0.6) is 0 Å². The van der Waals surface area contributed by atoms with Crippen molar-refractivity contribution >= 4 is 0 Å². The van der Waals surface area contributed by atoms with Gasteiger partial charge in [-0.2, -0.15) is 0 Å². The van der Waals surface area contributed by atoms with E-state index in [4.69, 9.17) is 0 Å². The van der Waals surface area contributed by atoms with Gasteiger partial charge in [-0.25, -0.2) is 0 Å².